The van der Waals surface area contributed by atoms with Gasteiger partial charge in [0.1, 0.15) is 16.6 Å². The lowest BCUT2D eigenvalue weighted by Gasteiger charge is -2.17. The van der Waals surface area contributed by atoms with Crippen LogP contribution in [-0.4, -0.2) is 11.4 Å². The Labute approximate surface area is 110 Å². The van der Waals surface area contributed by atoms with E-state index in [9.17, 15) is 0 Å². The lowest BCUT2D eigenvalue weighted by Crippen LogP contribution is -2.16. The topological polar surface area (TPSA) is 65.9 Å². The van der Waals surface area contributed by atoms with Crippen LogP contribution in [-0.2, 0) is 6.54 Å². The summed E-state index contributed by atoms with van der Waals surface area (Å²) in [5.41, 5.74) is 8.55. The van der Waals surface area contributed by atoms with Gasteiger partial charge in [-0.05, 0) is 24.0 Å². The van der Waals surface area contributed by atoms with Crippen molar-refractivity contribution in [3.05, 3.63) is 41.0 Å². The van der Waals surface area contributed by atoms with Gasteiger partial charge >= 0.3 is 0 Å². The molecule has 0 atom stereocenters. The Bertz CT molecular complexity index is 597. The molecule has 0 unspecified atom stereocenters. The highest BCUT2D eigenvalue weighted by Crippen LogP contribution is 2.29. The molecule has 0 amide bonds. The van der Waals surface area contributed by atoms with Crippen LogP contribution < -0.4 is 10.6 Å². The van der Waals surface area contributed by atoms with E-state index in [0.717, 1.165) is 11.5 Å². The summed E-state index contributed by atoms with van der Waals surface area (Å²) in [6.45, 7) is 2.80. The third-order valence-corrected chi connectivity index (χ3v) is 3.64. The summed E-state index contributed by atoms with van der Waals surface area (Å²) >= 11 is 1.26. The first-order valence-corrected chi connectivity index (χ1v) is 6.31. The Morgan fingerprint density at radius 3 is 2.94 bits per heavy atom. The second-order valence-electron chi connectivity index (χ2n) is 4.20. The van der Waals surface area contributed by atoms with Crippen molar-refractivity contribution in [3.8, 4) is 6.07 Å². The molecule has 1 aromatic carbocycles. The number of nitriles is 1. The largest absolute Gasteiger partial charge is 0.382 e. The Morgan fingerprint density at radius 2 is 2.28 bits per heavy atom. The molecule has 0 bridgehead atoms. The quantitative estimate of drug-likeness (QED) is 0.918. The average molecular weight is 258 g/mol. The van der Waals surface area contributed by atoms with Crippen molar-refractivity contribution in [2.45, 2.75) is 13.5 Å². The lowest BCUT2D eigenvalue weighted by molar-refractivity contribution is 0.931. The number of aryl methyl sites for hydroxylation is 1. The summed E-state index contributed by atoms with van der Waals surface area (Å²) in [6, 6.07) is 10.4. The minimum absolute atomic E-state index is 0.314. The Morgan fingerprint density at radius 1 is 1.50 bits per heavy atom. The molecule has 2 N–H and O–H groups in total. The molecular weight excluding hydrogens is 244 g/mol. The van der Waals surface area contributed by atoms with Crippen LogP contribution in [0.3, 0.4) is 0 Å². The third-order valence-electron chi connectivity index (χ3n) is 2.66. The third kappa shape index (κ3) is 2.44. The summed E-state index contributed by atoms with van der Waals surface area (Å²) in [6.07, 6.45) is 0. The number of aromatic nitrogens is 1. The van der Waals surface area contributed by atoms with Crippen molar-refractivity contribution >= 4 is 22.4 Å². The molecule has 4 nitrogen and oxygen atoms in total. The van der Waals surface area contributed by atoms with Crippen LogP contribution >= 0.6 is 11.5 Å². The normalized spacial score (nSPS) is 10.1. The summed E-state index contributed by atoms with van der Waals surface area (Å²) in [5, 5.41) is 9.87. The summed E-state index contributed by atoms with van der Waals surface area (Å²) in [5.74, 6) is 0.314. The van der Waals surface area contributed by atoms with Crippen molar-refractivity contribution in [1.82, 2.24) is 4.37 Å². The molecule has 1 heterocycles. The van der Waals surface area contributed by atoms with Crippen LogP contribution in [0.1, 0.15) is 16.7 Å². The number of nitrogen functional groups attached to an aromatic ring is 1. The Kier molecular flexibility index (Phi) is 3.49. The van der Waals surface area contributed by atoms with Crippen molar-refractivity contribution in [3.63, 3.8) is 0 Å². The van der Waals surface area contributed by atoms with Crippen LogP contribution in [0.25, 0.3) is 0 Å². The highest BCUT2D eigenvalue weighted by atomic mass is 32.1. The molecule has 0 aliphatic carbocycles. The van der Waals surface area contributed by atoms with Crippen LogP contribution in [0, 0.1) is 18.3 Å². The van der Waals surface area contributed by atoms with Gasteiger partial charge in [0.15, 0.2) is 5.82 Å². The first-order valence-electron chi connectivity index (χ1n) is 5.53. The van der Waals surface area contributed by atoms with E-state index in [2.05, 4.69) is 35.6 Å². The molecule has 0 saturated carbocycles. The molecule has 2 rings (SSSR count). The van der Waals surface area contributed by atoms with Crippen LogP contribution in [0.2, 0.25) is 0 Å². The van der Waals surface area contributed by atoms with Gasteiger partial charge in [-0.15, -0.1) is 0 Å². The first-order chi connectivity index (χ1) is 8.61. The summed E-state index contributed by atoms with van der Waals surface area (Å²) in [4.78, 5) is 2.00. The van der Waals surface area contributed by atoms with Crippen molar-refractivity contribution < 1.29 is 0 Å². The van der Waals surface area contributed by atoms with Crippen LogP contribution in [0.4, 0.5) is 10.8 Å². The number of hydrogen-bond donors (Lipinski definition) is 1. The van der Waals surface area contributed by atoms with E-state index in [1.54, 1.807) is 0 Å². The molecular formula is C13H14N4S. The molecule has 0 fully saturated rings. The lowest BCUT2D eigenvalue weighted by atomic mass is 10.1. The van der Waals surface area contributed by atoms with Gasteiger partial charge in [0.05, 0.1) is 0 Å². The van der Waals surface area contributed by atoms with Gasteiger partial charge in [-0.25, -0.2) is 0 Å². The first kappa shape index (κ1) is 12.4. The predicted molar refractivity (Wildman–Crippen MR) is 74.5 cm³/mol. The molecule has 92 valence electrons. The van der Waals surface area contributed by atoms with Crippen molar-refractivity contribution in [1.29, 1.82) is 5.26 Å². The zero-order valence-electron chi connectivity index (χ0n) is 10.3. The summed E-state index contributed by atoms with van der Waals surface area (Å²) < 4.78 is 4.02. The molecule has 0 saturated heterocycles. The second-order valence-corrected chi connectivity index (χ2v) is 4.96. The van der Waals surface area contributed by atoms with Gasteiger partial charge in [0, 0.05) is 13.6 Å². The van der Waals surface area contributed by atoms with Gasteiger partial charge in [-0.1, -0.05) is 29.8 Å². The number of anilines is 2. The monoisotopic (exact) mass is 258 g/mol. The average Bonchev–Trinajstić information content (AvgIpc) is 2.70. The van der Waals surface area contributed by atoms with E-state index in [0.29, 0.717) is 11.4 Å². The SMILES string of the molecule is Cc1cccc(CN(C)c2snc(N)c2C#N)c1. The number of nitrogens with two attached hydrogens (primary N) is 1. The van der Waals surface area contributed by atoms with Crippen molar-refractivity contribution in [2.24, 2.45) is 0 Å². The van der Waals surface area contributed by atoms with Crippen LogP contribution in [0.5, 0.6) is 0 Å². The number of benzene rings is 1. The molecule has 0 spiro atoms. The van der Waals surface area contributed by atoms with E-state index in [1.165, 1.54) is 22.7 Å². The number of rotatable bonds is 3. The fourth-order valence-corrected chi connectivity index (χ4v) is 2.54. The maximum atomic E-state index is 9.06. The van der Waals surface area contributed by atoms with E-state index in [4.69, 9.17) is 11.0 Å². The molecule has 0 aliphatic rings. The zero-order valence-corrected chi connectivity index (χ0v) is 11.2. The zero-order chi connectivity index (χ0) is 13.1. The molecule has 18 heavy (non-hydrogen) atoms. The molecule has 5 heteroatoms. The fraction of sp³-hybridized carbons (Fsp3) is 0.231. The second kappa shape index (κ2) is 5.07. The Balaban J connectivity index is 2.22. The number of hydrogen-bond acceptors (Lipinski definition) is 5. The molecule has 0 aliphatic heterocycles. The predicted octanol–water partition coefficient (Wildman–Crippen LogP) is 2.54. The minimum atomic E-state index is 0.314. The standard InChI is InChI=1S/C13H14N4S/c1-9-4-3-5-10(6-9)8-17(2)13-11(7-14)12(15)16-18-13/h3-6H,8H2,1-2H3,(H2,15,16). The van der Waals surface area contributed by atoms with E-state index >= 15 is 0 Å². The van der Waals surface area contributed by atoms with Gasteiger partial charge in [0.25, 0.3) is 0 Å². The van der Waals surface area contributed by atoms with Gasteiger partial charge in [-0.3, -0.25) is 0 Å². The van der Waals surface area contributed by atoms with E-state index in [-0.39, 0.29) is 0 Å². The van der Waals surface area contributed by atoms with Crippen LogP contribution in [0.15, 0.2) is 24.3 Å². The highest BCUT2D eigenvalue weighted by molar-refractivity contribution is 7.10. The molecule has 1 aromatic heterocycles. The number of nitrogens with zero attached hydrogens (tertiary/aromatic N) is 3. The maximum Gasteiger partial charge on any atom is 0.157 e. The van der Waals surface area contributed by atoms with E-state index in [1.807, 2.05) is 18.0 Å². The smallest absolute Gasteiger partial charge is 0.157 e. The highest BCUT2D eigenvalue weighted by Gasteiger charge is 2.14. The maximum absolute atomic E-state index is 9.06. The molecule has 2 aromatic rings. The van der Waals surface area contributed by atoms with Gasteiger partial charge in [-0.2, -0.15) is 9.64 Å². The van der Waals surface area contributed by atoms with E-state index < -0.39 is 0 Å². The fourth-order valence-electron chi connectivity index (χ4n) is 1.82. The van der Waals surface area contributed by atoms with Crippen molar-refractivity contribution in [2.75, 3.05) is 17.7 Å². The molecule has 0 radical (unpaired) electrons. The minimum Gasteiger partial charge on any atom is -0.382 e. The summed E-state index contributed by atoms with van der Waals surface area (Å²) in [7, 11) is 1.94. The van der Waals surface area contributed by atoms with Gasteiger partial charge < -0.3 is 10.6 Å². The van der Waals surface area contributed by atoms with Gasteiger partial charge in [0.2, 0.25) is 0 Å². The Hall–Kier alpha value is -2.06.